The van der Waals surface area contributed by atoms with Gasteiger partial charge in [-0.25, -0.2) is 0 Å². The fourth-order valence-corrected chi connectivity index (χ4v) is 1.95. The van der Waals surface area contributed by atoms with Crippen molar-refractivity contribution in [2.75, 3.05) is 11.9 Å². The average Bonchev–Trinajstić information content (AvgIpc) is 2.53. The van der Waals surface area contributed by atoms with Crippen molar-refractivity contribution in [2.45, 2.75) is 0 Å². The zero-order valence-corrected chi connectivity index (χ0v) is 12.7. The van der Waals surface area contributed by atoms with Crippen molar-refractivity contribution in [3.8, 4) is 5.75 Å². The number of hydrogen-bond donors (Lipinski definition) is 1. The van der Waals surface area contributed by atoms with Crippen molar-refractivity contribution < 1.29 is 9.53 Å². The second-order valence-electron chi connectivity index (χ2n) is 4.47. The molecule has 0 aromatic heterocycles. The summed E-state index contributed by atoms with van der Waals surface area (Å²) < 4.78 is 5.37. The largest absolute Gasteiger partial charge is 0.490 e. The Balaban J connectivity index is 1.94. The Morgan fingerprint density at radius 2 is 1.91 bits per heavy atom. The molecular weight excluding hydrogens is 298 g/mol. The summed E-state index contributed by atoms with van der Waals surface area (Å²) in [5, 5.41) is 3.38. The third-order valence-corrected chi connectivity index (χ3v) is 3.15. The smallest absolute Gasteiger partial charge is 0.248 e. The standard InChI is InChI=1S/C18H16ClNO2/c1-2-13-22-16-10-8-15(9-11-16)20-18(21)12-7-14-5-3-4-6-17(14)19/h2-12H,1,13H2,(H,20,21)/b12-7+. The molecule has 4 heteroatoms. The number of anilines is 1. The number of halogens is 1. The second kappa shape index (κ2) is 8.05. The molecule has 1 N–H and O–H groups in total. The molecule has 2 rings (SSSR count). The summed E-state index contributed by atoms with van der Waals surface area (Å²) in [4.78, 5) is 11.9. The van der Waals surface area contributed by atoms with Gasteiger partial charge >= 0.3 is 0 Å². The zero-order chi connectivity index (χ0) is 15.8. The van der Waals surface area contributed by atoms with Gasteiger partial charge in [0, 0.05) is 16.8 Å². The van der Waals surface area contributed by atoms with Gasteiger partial charge in [-0.1, -0.05) is 42.5 Å². The Kier molecular flexibility index (Phi) is 5.81. The molecule has 0 aliphatic carbocycles. The van der Waals surface area contributed by atoms with Crippen LogP contribution in [-0.4, -0.2) is 12.5 Å². The summed E-state index contributed by atoms with van der Waals surface area (Å²) in [6, 6.07) is 14.5. The lowest BCUT2D eigenvalue weighted by Gasteiger charge is -2.05. The van der Waals surface area contributed by atoms with Crippen LogP contribution in [0, 0.1) is 0 Å². The molecule has 0 aliphatic heterocycles. The van der Waals surface area contributed by atoms with E-state index in [1.807, 2.05) is 18.2 Å². The first-order valence-electron chi connectivity index (χ1n) is 6.76. The van der Waals surface area contributed by atoms with E-state index in [1.54, 1.807) is 42.5 Å². The highest BCUT2D eigenvalue weighted by molar-refractivity contribution is 6.32. The fraction of sp³-hybridized carbons (Fsp3) is 0.0556. The number of hydrogen-bond acceptors (Lipinski definition) is 2. The second-order valence-corrected chi connectivity index (χ2v) is 4.88. The molecule has 0 saturated heterocycles. The first-order valence-corrected chi connectivity index (χ1v) is 7.14. The van der Waals surface area contributed by atoms with Crippen molar-refractivity contribution in [2.24, 2.45) is 0 Å². The number of nitrogens with one attached hydrogen (secondary N) is 1. The van der Waals surface area contributed by atoms with Gasteiger partial charge in [-0.15, -0.1) is 0 Å². The molecule has 0 heterocycles. The molecule has 0 unspecified atom stereocenters. The van der Waals surface area contributed by atoms with E-state index < -0.39 is 0 Å². The number of rotatable bonds is 6. The van der Waals surface area contributed by atoms with E-state index in [4.69, 9.17) is 16.3 Å². The Morgan fingerprint density at radius 3 is 2.59 bits per heavy atom. The summed E-state index contributed by atoms with van der Waals surface area (Å²) in [6.07, 6.45) is 4.80. The minimum atomic E-state index is -0.223. The number of benzene rings is 2. The molecule has 112 valence electrons. The van der Waals surface area contributed by atoms with E-state index in [0.29, 0.717) is 17.3 Å². The molecule has 0 spiro atoms. The predicted molar refractivity (Wildman–Crippen MR) is 91.2 cm³/mol. The van der Waals surface area contributed by atoms with Crippen LogP contribution in [0.3, 0.4) is 0 Å². The van der Waals surface area contributed by atoms with Gasteiger partial charge in [0.25, 0.3) is 0 Å². The highest BCUT2D eigenvalue weighted by atomic mass is 35.5. The molecule has 0 saturated carbocycles. The summed E-state index contributed by atoms with van der Waals surface area (Å²) >= 11 is 6.02. The van der Waals surface area contributed by atoms with Crippen molar-refractivity contribution >= 4 is 29.3 Å². The highest BCUT2D eigenvalue weighted by Gasteiger charge is 2.00. The van der Waals surface area contributed by atoms with Crippen molar-refractivity contribution in [3.05, 3.63) is 77.8 Å². The highest BCUT2D eigenvalue weighted by Crippen LogP contribution is 2.17. The molecular formula is C18H16ClNO2. The SMILES string of the molecule is C=CCOc1ccc(NC(=O)/C=C/c2ccccc2Cl)cc1. The monoisotopic (exact) mass is 313 g/mol. The van der Waals surface area contributed by atoms with E-state index in [1.165, 1.54) is 6.08 Å². The zero-order valence-electron chi connectivity index (χ0n) is 12.0. The van der Waals surface area contributed by atoms with Crippen LogP contribution in [0.25, 0.3) is 6.08 Å². The molecule has 2 aromatic rings. The van der Waals surface area contributed by atoms with Crippen LogP contribution in [0.1, 0.15) is 5.56 Å². The predicted octanol–water partition coefficient (Wildman–Crippen LogP) is 4.56. The summed E-state index contributed by atoms with van der Waals surface area (Å²) in [5.74, 6) is 0.504. The van der Waals surface area contributed by atoms with Crippen LogP contribution in [0.4, 0.5) is 5.69 Å². The lowest BCUT2D eigenvalue weighted by Crippen LogP contribution is -2.07. The van der Waals surface area contributed by atoms with E-state index in [2.05, 4.69) is 11.9 Å². The van der Waals surface area contributed by atoms with Gasteiger partial charge in [0.2, 0.25) is 5.91 Å². The van der Waals surface area contributed by atoms with Crippen LogP contribution < -0.4 is 10.1 Å². The van der Waals surface area contributed by atoms with E-state index in [0.717, 1.165) is 11.3 Å². The molecule has 0 bridgehead atoms. The normalized spacial score (nSPS) is 10.4. The number of carbonyl (C=O) groups excluding carboxylic acids is 1. The van der Waals surface area contributed by atoms with Crippen LogP contribution in [-0.2, 0) is 4.79 Å². The Hall–Kier alpha value is -2.52. The fourth-order valence-electron chi connectivity index (χ4n) is 1.75. The van der Waals surface area contributed by atoms with E-state index in [-0.39, 0.29) is 5.91 Å². The molecule has 0 fully saturated rings. The van der Waals surface area contributed by atoms with E-state index in [9.17, 15) is 4.79 Å². The van der Waals surface area contributed by atoms with Gasteiger partial charge < -0.3 is 10.1 Å². The first kappa shape index (κ1) is 15.9. The van der Waals surface area contributed by atoms with Crippen molar-refractivity contribution in [3.63, 3.8) is 0 Å². The first-order chi connectivity index (χ1) is 10.7. The molecule has 1 amide bonds. The van der Waals surface area contributed by atoms with Crippen LogP contribution in [0.15, 0.2) is 67.3 Å². The topological polar surface area (TPSA) is 38.3 Å². The maximum absolute atomic E-state index is 11.9. The molecule has 0 radical (unpaired) electrons. The lowest BCUT2D eigenvalue weighted by molar-refractivity contribution is -0.111. The van der Waals surface area contributed by atoms with Crippen molar-refractivity contribution in [1.29, 1.82) is 0 Å². The molecule has 2 aromatic carbocycles. The van der Waals surface area contributed by atoms with Gasteiger partial charge in [-0.05, 0) is 42.0 Å². The quantitative estimate of drug-likeness (QED) is 0.627. The van der Waals surface area contributed by atoms with Crippen molar-refractivity contribution in [1.82, 2.24) is 0 Å². The molecule has 0 aliphatic rings. The Labute approximate surface area is 134 Å². The van der Waals surface area contributed by atoms with Gasteiger partial charge in [-0.2, -0.15) is 0 Å². The molecule has 0 atom stereocenters. The van der Waals surface area contributed by atoms with E-state index >= 15 is 0 Å². The number of amides is 1. The van der Waals surface area contributed by atoms with Crippen LogP contribution in [0.5, 0.6) is 5.75 Å². The van der Waals surface area contributed by atoms with Gasteiger partial charge in [0.1, 0.15) is 12.4 Å². The summed E-state index contributed by atoms with van der Waals surface area (Å²) in [6.45, 7) is 4.04. The average molecular weight is 314 g/mol. The van der Waals surface area contributed by atoms with Gasteiger partial charge in [0.05, 0.1) is 0 Å². The Bertz CT molecular complexity index is 678. The third kappa shape index (κ3) is 4.79. The molecule has 3 nitrogen and oxygen atoms in total. The van der Waals surface area contributed by atoms with Gasteiger partial charge in [-0.3, -0.25) is 4.79 Å². The summed E-state index contributed by atoms with van der Waals surface area (Å²) in [5.41, 5.74) is 1.49. The number of ether oxygens (including phenoxy) is 1. The van der Waals surface area contributed by atoms with Gasteiger partial charge in [0.15, 0.2) is 0 Å². The minimum Gasteiger partial charge on any atom is -0.490 e. The molecule has 22 heavy (non-hydrogen) atoms. The summed E-state index contributed by atoms with van der Waals surface area (Å²) in [7, 11) is 0. The third-order valence-electron chi connectivity index (χ3n) is 2.81. The van der Waals surface area contributed by atoms with Crippen LogP contribution in [0.2, 0.25) is 5.02 Å². The number of carbonyl (C=O) groups is 1. The maximum atomic E-state index is 11.9. The lowest BCUT2D eigenvalue weighted by atomic mass is 10.2. The Morgan fingerprint density at radius 1 is 1.18 bits per heavy atom. The minimum absolute atomic E-state index is 0.223. The maximum Gasteiger partial charge on any atom is 0.248 e. The van der Waals surface area contributed by atoms with Crippen LogP contribution >= 0.6 is 11.6 Å².